The number of aromatic nitrogens is 2. The van der Waals surface area contributed by atoms with Crippen molar-refractivity contribution in [3.63, 3.8) is 0 Å². The van der Waals surface area contributed by atoms with Crippen LogP contribution >= 0.6 is 11.5 Å². The molecule has 0 fully saturated rings. The Labute approximate surface area is 118 Å². The molecule has 0 radical (unpaired) electrons. The average molecular weight is 317 g/mol. The van der Waals surface area contributed by atoms with Gasteiger partial charge in [-0.2, -0.15) is 4.37 Å². The Morgan fingerprint density at radius 1 is 1.30 bits per heavy atom. The number of sulfonamides is 1. The number of nitrogens with zero attached hydrogens (tertiary/aromatic N) is 2. The minimum absolute atomic E-state index is 0.0463. The molecule has 2 aromatic heterocycles. The van der Waals surface area contributed by atoms with Crippen molar-refractivity contribution in [1.29, 1.82) is 0 Å². The number of hydrogen-bond donors (Lipinski definition) is 2. The Balaban J connectivity index is 2.47. The molecule has 0 saturated heterocycles. The predicted molar refractivity (Wildman–Crippen MR) is 70.6 cm³/mol. The van der Waals surface area contributed by atoms with Crippen molar-refractivity contribution in [3.8, 4) is 0 Å². The lowest BCUT2D eigenvalue weighted by Gasteiger charge is -2.05. The highest BCUT2D eigenvalue weighted by atomic mass is 32.2. The second-order valence-electron chi connectivity index (χ2n) is 4.04. The fourth-order valence-corrected chi connectivity index (χ4v) is 4.14. The molecule has 2 heterocycles. The van der Waals surface area contributed by atoms with E-state index in [1.54, 1.807) is 0 Å². The molecule has 2 rings (SSSR count). The Kier molecular flexibility index (Phi) is 3.52. The lowest BCUT2D eigenvalue weighted by Crippen LogP contribution is -2.15. The average Bonchev–Trinajstić information content (AvgIpc) is 2.82. The first kappa shape index (κ1) is 14.5. The summed E-state index contributed by atoms with van der Waals surface area (Å²) in [6, 6.07) is 0. The molecule has 0 aromatic carbocycles. The fourth-order valence-electron chi connectivity index (χ4n) is 1.72. The van der Waals surface area contributed by atoms with Gasteiger partial charge in [0.15, 0.2) is 10.7 Å². The highest BCUT2D eigenvalue weighted by Gasteiger charge is 2.28. The lowest BCUT2D eigenvalue weighted by atomic mass is 10.2. The normalized spacial score (nSPS) is 11.6. The minimum Gasteiger partial charge on any atom is -0.478 e. The Hall–Kier alpha value is -1.94. The van der Waals surface area contributed by atoms with E-state index in [1.165, 1.54) is 20.8 Å². The third kappa shape index (κ3) is 2.39. The van der Waals surface area contributed by atoms with Gasteiger partial charge >= 0.3 is 5.97 Å². The van der Waals surface area contributed by atoms with Crippen LogP contribution in [0.5, 0.6) is 0 Å². The van der Waals surface area contributed by atoms with Gasteiger partial charge in [0, 0.05) is 0 Å². The van der Waals surface area contributed by atoms with Crippen molar-refractivity contribution in [3.05, 3.63) is 22.7 Å². The predicted octanol–water partition coefficient (Wildman–Crippen LogP) is 1.56. The molecule has 0 amide bonds. The highest BCUT2D eigenvalue weighted by molar-refractivity contribution is 7.93. The van der Waals surface area contributed by atoms with Crippen molar-refractivity contribution in [2.75, 3.05) is 4.72 Å². The van der Waals surface area contributed by atoms with Crippen LogP contribution < -0.4 is 4.72 Å². The number of anilines is 1. The van der Waals surface area contributed by atoms with E-state index in [1.807, 2.05) is 0 Å². The maximum Gasteiger partial charge on any atom is 0.340 e. The topological polar surface area (TPSA) is 122 Å². The largest absolute Gasteiger partial charge is 0.478 e. The summed E-state index contributed by atoms with van der Waals surface area (Å²) < 4.78 is 35.4. The van der Waals surface area contributed by atoms with Gasteiger partial charge in [-0.25, -0.2) is 13.2 Å². The molecule has 0 atom stereocenters. The van der Waals surface area contributed by atoms with E-state index in [-0.39, 0.29) is 32.6 Å². The highest BCUT2D eigenvalue weighted by Crippen LogP contribution is 2.29. The van der Waals surface area contributed by atoms with E-state index in [0.29, 0.717) is 0 Å². The number of aryl methyl sites for hydroxylation is 3. The summed E-state index contributed by atoms with van der Waals surface area (Å²) in [4.78, 5) is 11.0. The van der Waals surface area contributed by atoms with E-state index >= 15 is 0 Å². The second kappa shape index (κ2) is 4.87. The molecule has 0 aliphatic carbocycles. The van der Waals surface area contributed by atoms with Gasteiger partial charge in [0.05, 0.1) is 5.69 Å². The van der Waals surface area contributed by atoms with Gasteiger partial charge in [0.2, 0.25) is 0 Å². The van der Waals surface area contributed by atoms with Crippen LogP contribution in [0.3, 0.4) is 0 Å². The Morgan fingerprint density at radius 2 is 1.95 bits per heavy atom. The molecule has 2 aromatic rings. The quantitative estimate of drug-likeness (QED) is 0.877. The maximum atomic E-state index is 12.3. The van der Waals surface area contributed by atoms with E-state index in [4.69, 9.17) is 9.63 Å². The van der Waals surface area contributed by atoms with Crippen molar-refractivity contribution in [2.45, 2.75) is 25.7 Å². The molecule has 20 heavy (non-hydrogen) atoms. The monoisotopic (exact) mass is 317 g/mol. The Morgan fingerprint density at radius 3 is 2.45 bits per heavy atom. The molecule has 10 heteroatoms. The van der Waals surface area contributed by atoms with Crippen LogP contribution in [0, 0.1) is 20.8 Å². The number of carboxylic acid groups (broad SMARTS) is 1. The first-order valence-corrected chi connectivity index (χ1v) is 7.65. The minimum atomic E-state index is -3.97. The van der Waals surface area contributed by atoms with Crippen LogP contribution in [-0.4, -0.2) is 29.0 Å². The molecule has 0 aliphatic heterocycles. The summed E-state index contributed by atoms with van der Waals surface area (Å²) in [5, 5.41) is 12.6. The SMILES string of the molecule is Cc1nsc(NS(=O)(=O)c2c(C)noc2C)c1C(=O)O. The first-order valence-electron chi connectivity index (χ1n) is 5.39. The van der Waals surface area contributed by atoms with E-state index in [0.717, 1.165) is 11.5 Å². The van der Waals surface area contributed by atoms with Crippen LogP contribution in [0.1, 0.15) is 27.5 Å². The summed E-state index contributed by atoms with van der Waals surface area (Å²) in [6.07, 6.45) is 0. The molecular formula is C10H11N3O5S2. The van der Waals surface area contributed by atoms with Gasteiger partial charge in [-0.15, -0.1) is 0 Å². The molecular weight excluding hydrogens is 306 g/mol. The third-order valence-corrected chi connectivity index (χ3v) is 5.12. The number of nitrogens with one attached hydrogen (secondary N) is 1. The standard InChI is InChI=1S/C10H11N3O5S2/c1-4-7(10(14)15)9(19-12-4)13-20(16,17)8-5(2)11-18-6(8)3/h13H,1-3H3,(H,14,15). The van der Waals surface area contributed by atoms with Crippen molar-refractivity contribution >= 4 is 32.5 Å². The number of aromatic carboxylic acids is 1. The zero-order valence-electron chi connectivity index (χ0n) is 10.8. The number of rotatable bonds is 4. The van der Waals surface area contributed by atoms with Gasteiger partial charge in [-0.1, -0.05) is 5.16 Å². The van der Waals surface area contributed by atoms with Gasteiger partial charge in [-0.05, 0) is 32.3 Å². The van der Waals surface area contributed by atoms with E-state index in [2.05, 4.69) is 14.3 Å². The van der Waals surface area contributed by atoms with Crippen molar-refractivity contribution < 1.29 is 22.8 Å². The van der Waals surface area contributed by atoms with E-state index < -0.39 is 16.0 Å². The van der Waals surface area contributed by atoms with Crippen molar-refractivity contribution in [1.82, 2.24) is 9.53 Å². The first-order chi connectivity index (χ1) is 9.24. The van der Waals surface area contributed by atoms with Gasteiger partial charge in [-0.3, -0.25) is 4.72 Å². The molecule has 8 nitrogen and oxygen atoms in total. The number of hydrogen-bond acceptors (Lipinski definition) is 7. The summed E-state index contributed by atoms with van der Waals surface area (Å²) >= 11 is 0.768. The second-order valence-corrected chi connectivity index (χ2v) is 6.43. The fraction of sp³-hybridized carbons (Fsp3) is 0.300. The third-order valence-electron chi connectivity index (χ3n) is 2.54. The molecule has 0 unspecified atom stereocenters. The molecule has 0 spiro atoms. The lowest BCUT2D eigenvalue weighted by molar-refractivity contribution is 0.0697. The molecule has 108 valence electrons. The molecule has 0 bridgehead atoms. The van der Waals surface area contributed by atoms with Crippen LogP contribution in [-0.2, 0) is 10.0 Å². The summed E-state index contributed by atoms with van der Waals surface area (Å²) in [7, 11) is -3.97. The molecule has 0 saturated carbocycles. The smallest absolute Gasteiger partial charge is 0.340 e. The zero-order chi connectivity index (χ0) is 15.1. The van der Waals surface area contributed by atoms with Gasteiger partial charge < -0.3 is 9.63 Å². The van der Waals surface area contributed by atoms with Crippen LogP contribution in [0.4, 0.5) is 5.00 Å². The maximum absolute atomic E-state index is 12.3. The zero-order valence-corrected chi connectivity index (χ0v) is 12.4. The summed E-state index contributed by atoms with van der Waals surface area (Å²) in [6.45, 7) is 4.44. The summed E-state index contributed by atoms with van der Waals surface area (Å²) in [5.41, 5.74) is 0.289. The molecule has 2 N–H and O–H groups in total. The Bertz CT molecular complexity index is 755. The van der Waals surface area contributed by atoms with E-state index in [9.17, 15) is 13.2 Å². The van der Waals surface area contributed by atoms with Gasteiger partial charge in [0.1, 0.15) is 16.3 Å². The number of carbonyl (C=O) groups is 1. The summed E-state index contributed by atoms with van der Waals surface area (Å²) in [5.74, 6) is -1.11. The van der Waals surface area contributed by atoms with Crippen molar-refractivity contribution in [2.24, 2.45) is 0 Å². The number of carboxylic acids is 1. The molecule has 0 aliphatic rings. The van der Waals surface area contributed by atoms with Crippen LogP contribution in [0.15, 0.2) is 9.42 Å². The van der Waals surface area contributed by atoms with Gasteiger partial charge in [0.25, 0.3) is 10.0 Å². The van der Waals surface area contributed by atoms with Crippen LogP contribution in [0.25, 0.3) is 0 Å². The van der Waals surface area contributed by atoms with Crippen LogP contribution in [0.2, 0.25) is 0 Å².